The van der Waals surface area contributed by atoms with Crippen LogP contribution in [-0.2, 0) is 0 Å². The Morgan fingerprint density at radius 3 is 2.45 bits per heavy atom. The summed E-state index contributed by atoms with van der Waals surface area (Å²) >= 11 is 3.51. The minimum atomic E-state index is 0.612. The number of aryl methyl sites for hydroxylation is 1. The molecule has 0 radical (unpaired) electrons. The lowest BCUT2D eigenvalue weighted by atomic mass is 10.0. The first kappa shape index (κ1) is 14.0. The van der Waals surface area contributed by atoms with Crippen molar-refractivity contribution in [1.82, 2.24) is 9.97 Å². The van der Waals surface area contributed by atoms with E-state index < -0.39 is 0 Å². The van der Waals surface area contributed by atoms with Gasteiger partial charge in [-0.25, -0.2) is 4.98 Å². The maximum absolute atomic E-state index is 5.96. The second kappa shape index (κ2) is 5.54. The van der Waals surface area contributed by atoms with E-state index in [9.17, 15) is 0 Å². The van der Waals surface area contributed by atoms with Gasteiger partial charge in [0.25, 0.3) is 0 Å². The SMILES string of the molecule is Cc1nc(Oc2ccccc2Br)cc(N2C3CCC2CC3)n1. The maximum atomic E-state index is 5.96. The zero-order chi connectivity index (χ0) is 15.1. The summed E-state index contributed by atoms with van der Waals surface area (Å²) in [4.78, 5) is 11.5. The van der Waals surface area contributed by atoms with Gasteiger partial charge in [0.1, 0.15) is 17.4 Å². The Hall–Kier alpha value is -1.62. The van der Waals surface area contributed by atoms with Gasteiger partial charge in [0.2, 0.25) is 5.88 Å². The molecule has 0 saturated carbocycles. The molecule has 0 N–H and O–H groups in total. The van der Waals surface area contributed by atoms with Crippen LogP contribution in [0.1, 0.15) is 31.5 Å². The van der Waals surface area contributed by atoms with E-state index >= 15 is 0 Å². The molecule has 1 aromatic heterocycles. The molecule has 4 rings (SSSR count). The number of anilines is 1. The number of rotatable bonds is 3. The molecule has 1 aromatic carbocycles. The van der Waals surface area contributed by atoms with Gasteiger partial charge in [-0.3, -0.25) is 0 Å². The summed E-state index contributed by atoms with van der Waals surface area (Å²) < 4.78 is 6.88. The summed E-state index contributed by atoms with van der Waals surface area (Å²) in [6.45, 7) is 1.92. The van der Waals surface area contributed by atoms with Gasteiger partial charge in [-0.2, -0.15) is 4.98 Å². The highest BCUT2D eigenvalue weighted by atomic mass is 79.9. The molecule has 0 spiro atoms. The topological polar surface area (TPSA) is 38.2 Å². The number of nitrogens with zero attached hydrogens (tertiary/aromatic N) is 3. The average Bonchev–Trinajstić information content (AvgIpc) is 3.09. The molecule has 2 aliphatic rings. The number of hydrogen-bond donors (Lipinski definition) is 0. The van der Waals surface area contributed by atoms with Crippen molar-refractivity contribution in [2.24, 2.45) is 0 Å². The Kier molecular flexibility index (Phi) is 3.53. The smallest absolute Gasteiger partial charge is 0.224 e. The number of hydrogen-bond acceptors (Lipinski definition) is 4. The monoisotopic (exact) mass is 359 g/mol. The highest BCUT2D eigenvalue weighted by Gasteiger charge is 2.40. The van der Waals surface area contributed by atoms with Gasteiger partial charge in [0.15, 0.2) is 0 Å². The third kappa shape index (κ3) is 2.47. The first-order valence-electron chi connectivity index (χ1n) is 7.77. The average molecular weight is 360 g/mol. The van der Waals surface area contributed by atoms with Crippen molar-refractivity contribution >= 4 is 21.7 Å². The molecule has 0 atom stereocenters. The molecule has 2 saturated heterocycles. The van der Waals surface area contributed by atoms with E-state index in [2.05, 4.69) is 30.8 Å². The van der Waals surface area contributed by atoms with Gasteiger partial charge in [-0.15, -0.1) is 0 Å². The Morgan fingerprint density at radius 2 is 1.77 bits per heavy atom. The fourth-order valence-corrected chi connectivity index (χ4v) is 4.00. The van der Waals surface area contributed by atoms with Gasteiger partial charge < -0.3 is 9.64 Å². The van der Waals surface area contributed by atoms with Crippen LogP contribution >= 0.6 is 15.9 Å². The molecule has 4 nitrogen and oxygen atoms in total. The van der Waals surface area contributed by atoms with E-state index in [4.69, 9.17) is 4.74 Å². The lowest BCUT2D eigenvalue weighted by Crippen LogP contribution is -2.29. The summed E-state index contributed by atoms with van der Waals surface area (Å²) in [7, 11) is 0. The van der Waals surface area contributed by atoms with Crippen molar-refractivity contribution in [3.63, 3.8) is 0 Å². The molecular formula is C17H18BrN3O. The molecule has 114 valence electrons. The summed E-state index contributed by atoms with van der Waals surface area (Å²) in [6, 6.07) is 11.1. The van der Waals surface area contributed by atoms with Gasteiger partial charge in [-0.05, 0) is 60.7 Å². The molecule has 0 amide bonds. The molecule has 2 fully saturated rings. The van der Waals surface area contributed by atoms with Crippen LogP contribution in [0.5, 0.6) is 11.6 Å². The van der Waals surface area contributed by atoms with Crippen LogP contribution in [0.3, 0.4) is 0 Å². The lowest BCUT2D eigenvalue weighted by Gasteiger charge is -2.23. The Labute approximate surface area is 138 Å². The van der Waals surface area contributed by atoms with Crippen molar-refractivity contribution in [2.45, 2.75) is 44.7 Å². The van der Waals surface area contributed by atoms with Gasteiger partial charge in [0, 0.05) is 18.2 Å². The molecule has 5 heteroatoms. The predicted octanol–water partition coefficient (Wildman–Crippen LogP) is 4.47. The number of para-hydroxylation sites is 1. The van der Waals surface area contributed by atoms with E-state index in [-0.39, 0.29) is 0 Å². The van der Waals surface area contributed by atoms with Crippen LogP contribution in [0, 0.1) is 6.92 Å². The van der Waals surface area contributed by atoms with E-state index in [1.165, 1.54) is 25.7 Å². The van der Waals surface area contributed by atoms with Gasteiger partial charge in [-0.1, -0.05) is 12.1 Å². The number of benzene rings is 1. The van der Waals surface area contributed by atoms with Crippen molar-refractivity contribution < 1.29 is 4.74 Å². The molecular weight excluding hydrogens is 342 g/mol. The fraction of sp³-hybridized carbons (Fsp3) is 0.412. The second-order valence-corrected chi connectivity index (χ2v) is 6.87. The normalized spacial score (nSPS) is 23.1. The molecule has 2 aromatic rings. The van der Waals surface area contributed by atoms with Crippen LogP contribution in [-0.4, -0.2) is 22.1 Å². The first-order valence-corrected chi connectivity index (χ1v) is 8.56. The minimum absolute atomic E-state index is 0.612. The van der Waals surface area contributed by atoms with Crippen molar-refractivity contribution in [3.8, 4) is 11.6 Å². The molecule has 2 bridgehead atoms. The fourth-order valence-electron chi connectivity index (χ4n) is 3.64. The molecule has 2 aliphatic heterocycles. The van der Waals surface area contributed by atoms with Crippen LogP contribution in [0.4, 0.5) is 5.82 Å². The summed E-state index contributed by atoms with van der Waals surface area (Å²) in [5.74, 6) is 3.15. The van der Waals surface area contributed by atoms with E-state index in [0.717, 1.165) is 21.9 Å². The highest BCUT2D eigenvalue weighted by Crippen LogP contribution is 2.41. The van der Waals surface area contributed by atoms with Crippen LogP contribution in [0.15, 0.2) is 34.8 Å². The van der Waals surface area contributed by atoms with Crippen molar-refractivity contribution in [1.29, 1.82) is 0 Å². The third-order valence-corrected chi connectivity index (χ3v) is 5.22. The third-order valence-electron chi connectivity index (χ3n) is 4.57. The van der Waals surface area contributed by atoms with Crippen molar-refractivity contribution in [3.05, 3.63) is 40.6 Å². The summed E-state index contributed by atoms with van der Waals surface area (Å²) in [5.41, 5.74) is 0. The molecule has 22 heavy (non-hydrogen) atoms. The summed E-state index contributed by atoms with van der Waals surface area (Å²) in [6.07, 6.45) is 5.14. The van der Waals surface area contributed by atoms with Crippen LogP contribution in [0.2, 0.25) is 0 Å². The second-order valence-electron chi connectivity index (χ2n) is 6.01. The predicted molar refractivity (Wildman–Crippen MR) is 89.5 cm³/mol. The van der Waals surface area contributed by atoms with Crippen LogP contribution in [0.25, 0.3) is 0 Å². The summed E-state index contributed by atoms with van der Waals surface area (Å²) in [5, 5.41) is 0. The Balaban J connectivity index is 1.65. The van der Waals surface area contributed by atoms with E-state index in [1.807, 2.05) is 37.3 Å². The van der Waals surface area contributed by atoms with Crippen LogP contribution < -0.4 is 9.64 Å². The molecule has 0 unspecified atom stereocenters. The molecule has 0 aliphatic carbocycles. The van der Waals surface area contributed by atoms with Crippen molar-refractivity contribution in [2.75, 3.05) is 4.90 Å². The number of aromatic nitrogens is 2. The van der Waals surface area contributed by atoms with Gasteiger partial charge in [0.05, 0.1) is 4.47 Å². The maximum Gasteiger partial charge on any atom is 0.224 e. The standard InChI is InChI=1S/C17H18BrN3O/c1-11-19-16(21-12-6-7-13(21)9-8-12)10-17(20-11)22-15-5-3-2-4-14(15)18/h2-5,10,12-13H,6-9H2,1H3. The number of ether oxygens (including phenoxy) is 1. The highest BCUT2D eigenvalue weighted by molar-refractivity contribution is 9.10. The first-order chi connectivity index (χ1) is 10.7. The molecule has 3 heterocycles. The number of halogens is 1. The Bertz CT molecular complexity index is 686. The zero-order valence-electron chi connectivity index (χ0n) is 12.5. The lowest BCUT2D eigenvalue weighted by molar-refractivity contribution is 0.456. The van der Waals surface area contributed by atoms with Gasteiger partial charge >= 0.3 is 0 Å². The number of fused-ring (bicyclic) bond motifs is 2. The minimum Gasteiger partial charge on any atom is -0.438 e. The Morgan fingerprint density at radius 1 is 1.09 bits per heavy atom. The quantitative estimate of drug-likeness (QED) is 0.810. The largest absolute Gasteiger partial charge is 0.438 e. The van der Waals surface area contributed by atoms with E-state index in [1.54, 1.807) is 0 Å². The van der Waals surface area contributed by atoms with E-state index in [0.29, 0.717) is 18.0 Å². The zero-order valence-corrected chi connectivity index (χ0v) is 14.1.